The molecule has 1 aliphatic rings. The van der Waals surface area contributed by atoms with Gasteiger partial charge in [-0.25, -0.2) is 14.4 Å². The molecule has 0 aliphatic carbocycles. The van der Waals surface area contributed by atoms with Crippen LogP contribution in [0.4, 0.5) is 15.9 Å². The summed E-state index contributed by atoms with van der Waals surface area (Å²) < 4.78 is 13.4. The molecule has 142 valence electrons. The van der Waals surface area contributed by atoms with Crippen LogP contribution in [-0.4, -0.2) is 52.9 Å². The average Bonchev–Trinajstić information content (AvgIpc) is 2.65. The zero-order valence-electron chi connectivity index (χ0n) is 14.8. The van der Waals surface area contributed by atoms with Gasteiger partial charge < -0.3 is 15.1 Å². The fourth-order valence-corrected chi connectivity index (χ4v) is 2.96. The molecule has 1 N–H and O–H groups in total. The molecule has 2 amide bonds. The minimum Gasteiger partial charge on any atom is -0.367 e. The first-order valence-corrected chi connectivity index (χ1v) is 8.86. The van der Waals surface area contributed by atoms with E-state index in [0.717, 1.165) is 18.8 Å². The molecule has 0 unspecified atom stereocenters. The van der Waals surface area contributed by atoms with Crippen LogP contribution in [0.1, 0.15) is 12.5 Å². The van der Waals surface area contributed by atoms with Crippen molar-refractivity contribution >= 4 is 34.9 Å². The van der Waals surface area contributed by atoms with E-state index < -0.39 is 5.82 Å². The Labute approximate surface area is 161 Å². The first-order valence-electron chi connectivity index (χ1n) is 8.48. The summed E-state index contributed by atoms with van der Waals surface area (Å²) in [5, 5.41) is 2.45. The Balaban J connectivity index is 1.55. The molecule has 0 saturated carbocycles. The topological polar surface area (TPSA) is 78.4 Å². The fourth-order valence-electron chi connectivity index (χ4n) is 2.86. The van der Waals surface area contributed by atoms with E-state index in [0.29, 0.717) is 24.5 Å². The number of carbonyl (C=O) groups excluding carboxylic acids is 2. The summed E-state index contributed by atoms with van der Waals surface area (Å²) in [6.07, 6.45) is 3.02. The molecule has 27 heavy (non-hydrogen) atoms. The highest BCUT2D eigenvalue weighted by Crippen LogP contribution is 2.18. The second-order valence-corrected chi connectivity index (χ2v) is 6.59. The maximum absolute atomic E-state index is 13.4. The number of piperazine rings is 1. The predicted octanol–water partition coefficient (Wildman–Crippen LogP) is 2.12. The van der Waals surface area contributed by atoms with Crippen LogP contribution in [0.15, 0.2) is 30.6 Å². The highest BCUT2D eigenvalue weighted by molar-refractivity contribution is 6.29. The molecule has 3 rings (SSSR count). The van der Waals surface area contributed by atoms with E-state index in [1.807, 2.05) is 11.0 Å². The van der Waals surface area contributed by atoms with Crippen LogP contribution >= 0.6 is 11.6 Å². The first kappa shape index (κ1) is 19.0. The number of aromatic nitrogens is 2. The van der Waals surface area contributed by atoms with Crippen LogP contribution in [0.5, 0.6) is 0 Å². The molecular weight excluding hydrogens is 373 g/mol. The standard InChI is InChI=1S/C18H19ClFN5O2/c1-12(26)24-4-6-25(7-5-24)14-2-3-16(21-11-14)23-17(27)9-13-8-15(20)18(19)22-10-13/h2-3,8,10-11H,4-7,9H2,1H3,(H,21,23,27). The molecular formula is C18H19ClFN5O2. The summed E-state index contributed by atoms with van der Waals surface area (Å²) in [7, 11) is 0. The second-order valence-electron chi connectivity index (χ2n) is 6.24. The number of nitrogens with zero attached hydrogens (tertiary/aromatic N) is 4. The Morgan fingerprint density at radius 3 is 2.52 bits per heavy atom. The third-order valence-electron chi connectivity index (χ3n) is 4.32. The highest BCUT2D eigenvalue weighted by atomic mass is 35.5. The Bertz CT molecular complexity index is 838. The lowest BCUT2D eigenvalue weighted by atomic mass is 10.2. The van der Waals surface area contributed by atoms with E-state index >= 15 is 0 Å². The van der Waals surface area contributed by atoms with E-state index in [2.05, 4.69) is 20.2 Å². The lowest BCUT2D eigenvalue weighted by Crippen LogP contribution is -2.48. The average molecular weight is 392 g/mol. The van der Waals surface area contributed by atoms with Crippen LogP contribution in [0.3, 0.4) is 0 Å². The molecule has 9 heteroatoms. The Hall–Kier alpha value is -2.74. The molecule has 0 aromatic carbocycles. The van der Waals surface area contributed by atoms with Crippen molar-refractivity contribution in [3.05, 3.63) is 47.1 Å². The van der Waals surface area contributed by atoms with Crippen molar-refractivity contribution in [2.75, 3.05) is 36.4 Å². The number of rotatable bonds is 4. The highest BCUT2D eigenvalue weighted by Gasteiger charge is 2.19. The third kappa shape index (κ3) is 4.91. The van der Waals surface area contributed by atoms with E-state index in [1.54, 1.807) is 19.2 Å². The maximum atomic E-state index is 13.4. The van der Waals surface area contributed by atoms with Crippen LogP contribution in [0.2, 0.25) is 5.15 Å². The van der Waals surface area contributed by atoms with Gasteiger partial charge in [-0.15, -0.1) is 0 Å². The molecule has 2 aromatic rings. The Morgan fingerprint density at radius 2 is 1.93 bits per heavy atom. The minimum atomic E-state index is -0.658. The molecule has 2 aromatic heterocycles. The number of halogens is 2. The number of anilines is 2. The van der Waals surface area contributed by atoms with Crippen molar-refractivity contribution in [2.45, 2.75) is 13.3 Å². The quantitative estimate of drug-likeness (QED) is 0.808. The number of carbonyl (C=O) groups is 2. The zero-order chi connectivity index (χ0) is 19.4. The zero-order valence-corrected chi connectivity index (χ0v) is 15.5. The number of nitrogens with one attached hydrogen (secondary N) is 1. The lowest BCUT2D eigenvalue weighted by Gasteiger charge is -2.35. The van der Waals surface area contributed by atoms with E-state index in [1.165, 1.54) is 12.3 Å². The predicted molar refractivity (Wildman–Crippen MR) is 100 cm³/mol. The maximum Gasteiger partial charge on any atom is 0.230 e. The molecule has 1 fully saturated rings. The molecule has 0 bridgehead atoms. The van der Waals surface area contributed by atoms with Crippen LogP contribution in [0, 0.1) is 5.82 Å². The van der Waals surface area contributed by atoms with Gasteiger partial charge in [0.25, 0.3) is 0 Å². The van der Waals surface area contributed by atoms with E-state index in [9.17, 15) is 14.0 Å². The van der Waals surface area contributed by atoms with E-state index in [4.69, 9.17) is 11.6 Å². The van der Waals surface area contributed by atoms with Crippen molar-refractivity contribution in [1.82, 2.24) is 14.9 Å². The molecule has 0 radical (unpaired) electrons. The fraction of sp³-hybridized carbons (Fsp3) is 0.333. The second kappa shape index (κ2) is 8.30. The van der Waals surface area contributed by atoms with Gasteiger partial charge >= 0.3 is 0 Å². The van der Waals surface area contributed by atoms with Gasteiger partial charge in [0.15, 0.2) is 11.0 Å². The number of pyridine rings is 2. The van der Waals surface area contributed by atoms with Gasteiger partial charge in [0.05, 0.1) is 18.3 Å². The van der Waals surface area contributed by atoms with Gasteiger partial charge in [0.2, 0.25) is 11.8 Å². The van der Waals surface area contributed by atoms with Gasteiger partial charge in [-0.3, -0.25) is 9.59 Å². The van der Waals surface area contributed by atoms with Crippen LogP contribution < -0.4 is 10.2 Å². The van der Waals surface area contributed by atoms with E-state index in [-0.39, 0.29) is 23.4 Å². The summed E-state index contributed by atoms with van der Waals surface area (Å²) >= 11 is 5.53. The SMILES string of the molecule is CC(=O)N1CCN(c2ccc(NC(=O)Cc3cnc(Cl)c(F)c3)nc2)CC1. The van der Waals surface area contributed by atoms with Crippen molar-refractivity contribution < 1.29 is 14.0 Å². The summed E-state index contributed by atoms with van der Waals surface area (Å²) in [5.74, 6) is -0.488. The van der Waals surface area contributed by atoms with Crippen LogP contribution in [-0.2, 0) is 16.0 Å². The monoisotopic (exact) mass is 391 g/mol. The van der Waals surface area contributed by atoms with Crippen molar-refractivity contribution in [3.8, 4) is 0 Å². The minimum absolute atomic E-state index is 0.0302. The smallest absolute Gasteiger partial charge is 0.230 e. The normalized spacial score (nSPS) is 14.2. The van der Waals surface area contributed by atoms with Crippen molar-refractivity contribution in [2.24, 2.45) is 0 Å². The van der Waals surface area contributed by atoms with Gasteiger partial charge in [0, 0.05) is 39.3 Å². The molecule has 7 nitrogen and oxygen atoms in total. The van der Waals surface area contributed by atoms with Gasteiger partial charge in [0.1, 0.15) is 5.82 Å². The van der Waals surface area contributed by atoms with Crippen LogP contribution in [0.25, 0.3) is 0 Å². The summed E-state index contributed by atoms with van der Waals surface area (Å²) in [4.78, 5) is 35.4. The Morgan fingerprint density at radius 1 is 1.19 bits per heavy atom. The molecule has 1 saturated heterocycles. The summed E-state index contributed by atoms with van der Waals surface area (Å²) in [5.41, 5.74) is 1.36. The van der Waals surface area contributed by atoms with Gasteiger partial charge in [-0.2, -0.15) is 0 Å². The summed E-state index contributed by atoms with van der Waals surface area (Å²) in [6, 6.07) is 4.77. The van der Waals surface area contributed by atoms with Gasteiger partial charge in [-0.1, -0.05) is 11.6 Å². The third-order valence-corrected chi connectivity index (χ3v) is 4.60. The lowest BCUT2D eigenvalue weighted by molar-refractivity contribution is -0.129. The largest absolute Gasteiger partial charge is 0.367 e. The first-order chi connectivity index (χ1) is 12.9. The number of hydrogen-bond donors (Lipinski definition) is 1. The van der Waals surface area contributed by atoms with Crippen molar-refractivity contribution in [3.63, 3.8) is 0 Å². The molecule has 0 atom stereocenters. The summed E-state index contributed by atoms with van der Waals surface area (Å²) in [6.45, 7) is 4.41. The van der Waals surface area contributed by atoms with Gasteiger partial charge in [-0.05, 0) is 23.8 Å². The number of amides is 2. The molecule has 1 aliphatic heterocycles. The Kier molecular flexibility index (Phi) is 5.85. The number of hydrogen-bond acceptors (Lipinski definition) is 5. The molecule has 3 heterocycles. The van der Waals surface area contributed by atoms with Crippen molar-refractivity contribution in [1.29, 1.82) is 0 Å². The molecule has 0 spiro atoms.